The number of ether oxygens (including phenoxy) is 3. The first-order valence-electron chi connectivity index (χ1n) is 8.59. The van der Waals surface area contributed by atoms with Gasteiger partial charge in [-0.25, -0.2) is 0 Å². The van der Waals surface area contributed by atoms with Crippen LogP contribution in [0, 0.1) is 18.3 Å². The smallest absolute Gasteiger partial charge is 0.174 e. The average Bonchev–Trinajstić information content (AvgIpc) is 2.71. The van der Waals surface area contributed by atoms with E-state index in [1.54, 1.807) is 12.4 Å². The van der Waals surface area contributed by atoms with Crippen LogP contribution in [-0.4, -0.2) is 11.6 Å². The maximum atomic E-state index is 8.76. The van der Waals surface area contributed by atoms with Gasteiger partial charge >= 0.3 is 0 Å². The fourth-order valence-corrected chi connectivity index (χ4v) is 2.60. The van der Waals surface area contributed by atoms with Gasteiger partial charge in [0.1, 0.15) is 36.5 Å². The normalized spacial score (nSPS) is 10.1. The summed E-state index contributed by atoms with van der Waals surface area (Å²) in [5.74, 6) is 2.12. The van der Waals surface area contributed by atoms with Crippen LogP contribution in [0.15, 0.2) is 67.0 Å². The number of rotatable bonds is 8. The number of hydrogen-bond acceptors (Lipinski definition) is 5. The molecule has 0 spiro atoms. The van der Waals surface area contributed by atoms with Crippen molar-refractivity contribution in [3.63, 3.8) is 0 Å². The minimum Gasteiger partial charge on any atom is -0.489 e. The monoisotopic (exact) mass is 360 g/mol. The maximum Gasteiger partial charge on any atom is 0.174 e. The molecule has 0 radical (unpaired) electrons. The molecule has 0 saturated carbocycles. The fourth-order valence-electron chi connectivity index (χ4n) is 2.60. The van der Waals surface area contributed by atoms with Crippen LogP contribution in [0.25, 0.3) is 0 Å². The molecule has 1 heterocycles. The molecule has 0 bridgehead atoms. The average molecular weight is 360 g/mol. The Balaban J connectivity index is 1.63. The lowest BCUT2D eigenvalue weighted by atomic mass is 10.1. The molecule has 3 rings (SSSR count). The van der Waals surface area contributed by atoms with E-state index in [9.17, 15) is 0 Å². The Bertz CT molecular complexity index is 920. The van der Waals surface area contributed by atoms with E-state index in [0.717, 1.165) is 22.4 Å². The van der Waals surface area contributed by atoms with Crippen LogP contribution in [0.3, 0.4) is 0 Å². The summed E-state index contributed by atoms with van der Waals surface area (Å²) in [5, 5.41) is 8.76. The lowest BCUT2D eigenvalue weighted by Gasteiger charge is -2.14. The molecule has 27 heavy (non-hydrogen) atoms. The van der Waals surface area contributed by atoms with Crippen molar-refractivity contribution in [3.8, 4) is 23.3 Å². The van der Waals surface area contributed by atoms with Gasteiger partial charge in [-0.15, -0.1) is 0 Å². The van der Waals surface area contributed by atoms with Gasteiger partial charge in [0.15, 0.2) is 6.61 Å². The lowest BCUT2D eigenvalue weighted by Crippen LogP contribution is -2.03. The number of aromatic nitrogens is 1. The predicted molar refractivity (Wildman–Crippen MR) is 102 cm³/mol. The van der Waals surface area contributed by atoms with Crippen LogP contribution in [0.1, 0.15) is 16.7 Å². The predicted octanol–water partition coefficient (Wildman–Crippen LogP) is 4.45. The molecular formula is C22H20N2O3. The second kappa shape index (κ2) is 9.25. The number of nitrogens with zero attached hydrogens (tertiary/aromatic N) is 2. The summed E-state index contributed by atoms with van der Waals surface area (Å²) in [4.78, 5) is 4.08. The number of aryl methyl sites for hydroxylation is 1. The largest absolute Gasteiger partial charge is 0.489 e. The van der Waals surface area contributed by atoms with Crippen molar-refractivity contribution in [1.29, 1.82) is 5.26 Å². The van der Waals surface area contributed by atoms with E-state index in [4.69, 9.17) is 19.5 Å². The van der Waals surface area contributed by atoms with Gasteiger partial charge in [-0.05, 0) is 30.7 Å². The summed E-state index contributed by atoms with van der Waals surface area (Å²) in [6.07, 6.45) is 3.51. The van der Waals surface area contributed by atoms with Crippen molar-refractivity contribution in [3.05, 3.63) is 83.7 Å². The molecule has 0 saturated heterocycles. The van der Waals surface area contributed by atoms with E-state index in [-0.39, 0.29) is 6.61 Å². The molecule has 0 N–H and O–H groups in total. The highest BCUT2D eigenvalue weighted by molar-refractivity contribution is 5.41. The van der Waals surface area contributed by atoms with Gasteiger partial charge in [-0.2, -0.15) is 5.26 Å². The zero-order valence-electron chi connectivity index (χ0n) is 15.1. The van der Waals surface area contributed by atoms with Gasteiger partial charge in [0, 0.05) is 29.6 Å². The molecule has 0 aliphatic rings. The van der Waals surface area contributed by atoms with Gasteiger partial charge in [0.2, 0.25) is 0 Å². The zero-order valence-corrected chi connectivity index (χ0v) is 15.1. The van der Waals surface area contributed by atoms with Crippen molar-refractivity contribution < 1.29 is 14.2 Å². The number of pyridine rings is 1. The van der Waals surface area contributed by atoms with E-state index in [1.807, 2.05) is 67.6 Å². The molecule has 0 fully saturated rings. The first-order valence-corrected chi connectivity index (χ1v) is 8.59. The summed E-state index contributed by atoms with van der Waals surface area (Å²) in [7, 11) is 0. The Morgan fingerprint density at radius 3 is 2.44 bits per heavy atom. The van der Waals surface area contributed by atoms with Gasteiger partial charge < -0.3 is 14.2 Å². The topological polar surface area (TPSA) is 64.4 Å². The summed E-state index contributed by atoms with van der Waals surface area (Å²) >= 11 is 0. The third-order valence-corrected chi connectivity index (χ3v) is 3.90. The Kier molecular flexibility index (Phi) is 6.26. The summed E-state index contributed by atoms with van der Waals surface area (Å²) in [6.45, 7) is 2.74. The quantitative estimate of drug-likeness (QED) is 0.594. The fraction of sp³-hybridized carbons (Fsp3) is 0.182. The van der Waals surface area contributed by atoms with E-state index >= 15 is 0 Å². The SMILES string of the molecule is Cc1cccc(COc2cccc(OCc3cccnc3)c2)c1OCC#N. The van der Waals surface area contributed by atoms with Crippen molar-refractivity contribution in [1.82, 2.24) is 4.98 Å². The highest BCUT2D eigenvalue weighted by atomic mass is 16.5. The third-order valence-electron chi connectivity index (χ3n) is 3.90. The van der Waals surface area contributed by atoms with E-state index in [0.29, 0.717) is 24.7 Å². The van der Waals surface area contributed by atoms with Gasteiger partial charge in [0.05, 0.1) is 0 Å². The first-order chi connectivity index (χ1) is 13.3. The van der Waals surface area contributed by atoms with Crippen LogP contribution in [0.5, 0.6) is 17.2 Å². The van der Waals surface area contributed by atoms with Crippen molar-refractivity contribution in [2.75, 3.05) is 6.61 Å². The molecule has 0 aliphatic heterocycles. The van der Waals surface area contributed by atoms with Crippen LogP contribution in [0.4, 0.5) is 0 Å². The van der Waals surface area contributed by atoms with E-state index in [2.05, 4.69) is 4.98 Å². The second-order valence-corrected chi connectivity index (χ2v) is 5.92. The number of hydrogen-bond donors (Lipinski definition) is 0. The minimum atomic E-state index is 0.00945. The van der Waals surface area contributed by atoms with E-state index in [1.165, 1.54) is 0 Å². The molecule has 2 aromatic carbocycles. The number of benzene rings is 2. The van der Waals surface area contributed by atoms with Gasteiger partial charge in [0.25, 0.3) is 0 Å². The van der Waals surface area contributed by atoms with Gasteiger partial charge in [-0.1, -0.05) is 30.3 Å². The maximum absolute atomic E-state index is 8.76. The molecule has 1 aromatic heterocycles. The zero-order chi connectivity index (χ0) is 18.9. The van der Waals surface area contributed by atoms with Crippen LogP contribution >= 0.6 is 0 Å². The lowest BCUT2D eigenvalue weighted by molar-refractivity contribution is 0.282. The first kappa shape index (κ1) is 18.3. The summed E-state index contributed by atoms with van der Waals surface area (Å²) in [6, 6.07) is 19.2. The van der Waals surface area contributed by atoms with E-state index < -0.39 is 0 Å². The van der Waals surface area contributed by atoms with Gasteiger partial charge in [-0.3, -0.25) is 4.98 Å². The number of para-hydroxylation sites is 1. The molecular weight excluding hydrogens is 340 g/mol. The highest BCUT2D eigenvalue weighted by Gasteiger charge is 2.08. The molecule has 5 heteroatoms. The summed E-state index contributed by atoms with van der Waals surface area (Å²) in [5.41, 5.74) is 2.87. The van der Waals surface area contributed by atoms with Crippen LogP contribution in [0.2, 0.25) is 0 Å². The van der Waals surface area contributed by atoms with Crippen LogP contribution in [-0.2, 0) is 13.2 Å². The standard InChI is InChI=1S/C22H20N2O3/c1-17-5-2-7-19(22(17)25-12-10-23)16-27-21-9-3-8-20(13-21)26-15-18-6-4-11-24-14-18/h2-9,11,13-14H,12,15-16H2,1H3. The Morgan fingerprint density at radius 1 is 0.926 bits per heavy atom. The van der Waals surface area contributed by atoms with Crippen molar-refractivity contribution >= 4 is 0 Å². The van der Waals surface area contributed by atoms with Crippen molar-refractivity contribution in [2.45, 2.75) is 20.1 Å². The van der Waals surface area contributed by atoms with Crippen molar-refractivity contribution in [2.24, 2.45) is 0 Å². The minimum absolute atomic E-state index is 0.00945. The molecule has 0 amide bonds. The Labute approximate surface area is 158 Å². The molecule has 136 valence electrons. The molecule has 0 atom stereocenters. The Hall–Kier alpha value is -3.52. The highest BCUT2D eigenvalue weighted by Crippen LogP contribution is 2.26. The molecule has 5 nitrogen and oxygen atoms in total. The third kappa shape index (κ3) is 5.23. The molecule has 0 aliphatic carbocycles. The number of nitriles is 1. The Morgan fingerprint density at radius 2 is 1.70 bits per heavy atom. The molecule has 3 aromatic rings. The summed E-state index contributed by atoms with van der Waals surface area (Å²) < 4.78 is 17.3. The molecule has 0 unspecified atom stereocenters. The second-order valence-electron chi connectivity index (χ2n) is 5.92. The van der Waals surface area contributed by atoms with Crippen LogP contribution < -0.4 is 14.2 Å².